The molecule has 6 heteroatoms. The highest BCUT2D eigenvalue weighted by Crippen LogP contribution is 2.18. The second kappa shape index (κ2) is 3.81. The molecule has 0 radical (unpaired) electrons. The lowest BCUT2D eigenvalue weighted by molar-refractivity contribution is 0.692. The molecular weight excluding hydrogens is 234 g/mol. The summed E-state index contributed by atoms with van der Waals surface area (Å²) in [5.74, 6) is 0. The van der Waals surface area contributed by atoms with Gasteiger partial charge in [0.15, 0.2) is 0 Å². The Kier molecular flexibility index (Phi) is 2.29. The van der Waals surface area contributed by atoms with Gasteiger partial charge in [-0.15, -0.1) is 11.3 Å². The van der Waals surface area contributed by atoms with E-state index in [0.29, 0.717) is 12.2 Å². The monoisotopic (exact) mass is 245 g/mol. The Morgan fingerprint density at radius 2 is 2.29 bits per heavy atom. The summed E-state index contributed by atoms with van der Waals surface area (Å²) in [7, 11) is 0. The van der Waals surface area contributed by atoms with E-state index in [1.165, 1.54) is 4.88 Å². The number of aromatic nitrogens is 4. The Bertz CT molecular complexity index is 669. The summed E-state index contributed by atoms with van der Waals surface area (Å²) in [6.45, 7) is 2.70. The number of rotatable bonds is 2. The van der Waals surface area contributed by atoms with Crippen LogP contribution in [0.4, 0.5) is 5.69 Å². The molecule has 0 amide bonds. The largest absolute Gasteiger partial charge is 0.397 e. The lowest BCUT2D eigenvalue weighted by atomic mass is 10.3. The molecule has 0 unspecified atom stereocenters. The number of anilines is 1. The number of thiazole rings is 1. The number of fused-ring (bicyclic) bond motifs is 1. The van der Waals surface area contributed by atoms with Gasteiger partial charge in [0, 0.05) is 17.3 Å². The van der Waals surface area contributed by atoms with Crippen LogP contribution in [0.2, 0.25) is 0 Å². The molecule has 0 aliphatic rings. The van der Waals surface area contributed by atoms with E-state index in [9.17, 15) is 0 Å². The van der Waals surface area contributed by atoms with Gasteiger partial charge in [0.05, 0.1) is 18.4 Å². The molecular formula is C11H11N5S. The van der Waals surface area contributed by atoms with Crippen molar-refractivity contribution in [2.75, 3.05) is 5.73 Å². The average Bonchev–Trinajstić information content (AvgIpc) is 2.86. The highest BCUT2D eigenvalue weighted by molar-refractivity contribution is 7.11. The van der Waals surface area contributed by atoms with Crippen molar-refractivity contribution >= 4 is 28.1 Å². The lowest BCUT2D eigenvalue weighted by Crippen LogP contribution is -1.99. The van der Waals surface area contributed by atoms with Crippen LogP contribution in [0.25, 0.3) is 11.0 Å². The number of nitrogen functional groups attached to an aromatic ring is 1. The van der Waals surface area contributed by atoms with E-state index in [1.807, 2.05) is 24.0 Å². The first-order chi connectivity index (χ1) is 8.22. The maximum Gasteiger partial charge on any atom is 0.134 e. The molecule has 0 fully saturated rings. The Morgan fingerprint density at radius 3 is 3.00 bits per heavy atom. The summed E-state index contributed by atoms with van der Waals surface area (Å²) in [4.78, 5) is 9.74. The summed E-state index contributed by atoms with van der Waals surface area (Å²) in [5.41, 5.74) is 8.06. The third kappa shape index (κ3) is 1.87. The molecule has 3 heterocycles. The van der Waals surface area contributed by atoms with Crippen molar-refractivity contribution in [1.82, 2.24) is 19.7 Å². The van der Waals surface area contributed by atoms with Crippen LogP contribution < -0.4 is 5.73 Å². The summed E-state index contributed by atoms with van der Waals surface area (Å²) in [6, 6.07) is 1.76. The number of nitrogens with two attached hydrogens (primary N) is 1. The van der Waals surface area contributed by atoms with Crippen molar-refractivity contribution in [3.05, 3.63) is 34.5 Å². The van der Waals surface area contributed by atoms with Gasteiger partial charge in [-0.1, -0.05) is 0 Å². The molecule has 0 aliphatic heterocycles. The first kappa shape index (κ1) is 10.2. The third-order valence-corrected chi connectivity index (χ3v) is 3.35. The van der Waals surface area contributed by atoms with E-state index < -0.39 is 0 Å². The summed E-state index contributed by atoms with van der Waals surface area (Å²) in [6.07, 6.45) is 5.45. The van der Waals surface area contributed by atoms with E-state index in [1.54, 1.807) is 23.6 Å². The molecule has 0 bridgehead atoms. The van der Waals surface area contributed by atoms with Crippen molar-refractivity contribution < 1.29 is 0 Å². The van der Waals surface area contributed by atoms with Crippen LogP contribution in [0.5, 0.6) is 0 Å². The topological polar surface area (TPSA) is 69.6 Å². The highest BCUT2D eigenvalue weighted by Gasteiger charge is 2.06. The number of hydrogen-bond donors (Lipinski definition) is 1. The van der Waals surface area contributed by atoms with Gasteiger partial charge in [0.25, 0.3) is 0 Å². The molecule has 0 spiro atoms. The predicted octanol–water partition coefficient (Wildman–Crippen LogP) is 1.83. The zero-order chi connectivity index (χ0) is 11.8. The molecule has 17 heavy (non-hydrogen) atoms. The maximum atomic E-state index is 5.84. The Morgan fingerprint density at radius 1 is 1.41 bits per heavy atom. The van der Waals surface area contributed by atoms with Gasteiger partial charge >= 0.3 is 0 Å². The maximum absolute atomic E-state index is 5.84. The fourth-order valence-electron chi connectivity index (χ4n) is 1.68. The molecule has 3 rings (SSSR count). The van der Waals surface area contributed by atoms with Crippen LogP contribution >= 0.6 is 11.3 Å². The van der Waals surface area contributed by atoms with Gasteiger partial charge < -0.3 is 5.73 Å². The minimum Gasteiger partial charge on any atom is -0.397 e. The Labute approximate surface area is 102 Å². The molecule has 0 aromatic carbocycles. The third-order valence-electron chi connectivity index (χ3n) is 2.45. The van der Waals surface area contributed by atoms with Gasteiger partial charge in [-0.25, -0.2) is 4.98 Å². The fraction of sp³-hybridized carbons (Fsp3) is 0.182. The molecule has 0 aliphatic carbocycles. The van der Waals surface area contributed by atoms with Crippen molar-refractivity contribution in [2.24, 2.45) is 0 Å². The first-order valence-corrected chi connectivity index (χ1v) is 6.03. The minimum absolute atomic E-state index is 0.657. The number of aryl methyl sites for hydroxylation is 1. The van der Waals surface area contributed by atoms with E-state index in [0.717, 1.165) is 16.0 Å². The van der Waals surface area contributed by atoms with Crippen LogP contribution in [0, 0.1) is 6.92 Å². The highest BCUT2D eigenvalue weighted by atomic mass is 32.1. The Balaban J connectivity index is 1.98. The average molecular weight is 245 g/mol. The molecule has 0 saturated carbocycles. The molecule has 2 N–H and O–H groups in total. The fourth-order valence-corrected chi connectivity index (χ4v) is 2.46. The van der Waals surface area contributed by atoms with E-state index >= 15 is 0 Å². The van der Waals surface area contributed by atoms with Gasteiger partial charge in [-0.3, -0.25) is 9.67 Å². The van der Waals surface area contributed by atoms with Crippen molar-refractivity contribution in [2.45, 2.75) is 13.5 Å². The quantitative estimate of drug-likeness (QED) is 0.747. The van der Waals surface area contributed by atoms with Gasteiger partial charge in [0.2, 0.25) is 0 Å². The number of pyridine rings is 1. The molecule has 86 valence electrons. The van der Waals surface area contributed by atoms with Gasteiger partial charge in [-0.2, -0.15) is 5.10 Å². The van der Waals surface area contributed by atoms with E-state index in [4.69, 9.17) is 5.73 Å². The Hall–Kier alpha value is -1.95. The molecule has 0 saturated heterocycles. The molecule has 3 aromatic rings. The first-order valence-electron chi connectivity index (χ1n) is 5.21. The van der Waals surface area contributed by atoms with Crippen LogP contribution in [0.1, 0.15) is 9.88 Å². The lowest BCUT2D eigenvalue weighted by Gasteiger charge is -1.95. The van der Waals surface area contributed by atoms with Crippen LogP contribution in [0.3, 0.4) is 0 Å². The molecule has 5 nitrogen and oxygen atoms in total. The van der Waals surface area contributed by atoms with Crippen molar-refractivity contribution in [3.8, 4) is 0 Å². The standard InChI is InChI=1S/C11H11N5S/c1-7-4-14-10(17-7)6-16-5-9-11(15-16)8(12)2-3-13-9/h2-5H,6,12H2,1H3. The summed E-state index contributed by atoms with van der Waals surface area (Å²) >= 11 is 1.67. The molecule has 0 atom stereocenters. The normalized spacial score (nSPS) is 11.1. The predicted molar refractivity (Wildman–Crippen MR) is 67.9 cm³/mol. The van der Waals surface area contributed by atoms with Crippen LogP contribution in [-0.2, 0) is 6.54 Å². The van der Waals surface area contributed by atoms with Crippen molar-refractivity contribution in [1.29, 1.82) is 0 Å². The minimum atomic E-state index is 0.657. The zero-order valence-electron chi connectivity index (χ0n) is 9.29. The number of hydrogen-bond acceptors (Lipinski definition) is 5. The van der Waals surface area contributed by atoms with Gasteiger partial charge in [-0.05, 0) is 13.0 Å². The second-order valence-corrected chi connectivity index (χ2v) is 5.14. The zero-order valence-corrected chi connectivity index (χ0v) is 10.1. The van der Waals surface area contributed by atoms with E-state index in [2.05, 4.69) is 15.1 Å². The second-order valence-electron chi connectivity index (χ2n) is 3.83. The van der Waals surface area contributed by atoms with E-state index in [-0.39, 0.29) is 0 Å². The number of nitrogens with zero attached hydrogens (tertiary/aromatic N) is 4. The SMILES string of the molecule is Cc1cnc(Cn2cc3nccc(N)c3n2)s1. The smallest absolute Gasteiger partial charge is 0.134 e. The summed E-state index contributed by atoms with van der Waals surface area (Å²) < 4.78 is 1.83. The van der Waals surface area contributed by atoms with Gasteiger partial charge in [0.1, 0.15) is 16.0 Å². The molecule has 3 aromatic heterocycles. The van der Waals surface area contributed by atoms with Crippen LogP contribution in [0.15, 0.2) is 24.7 Å². The summed E-state index contributed by atoms with van der Waals surface area (Å²) in [5, 5.41) is 5.45. The van der Waals surface area contributed by atoms with Crippen LogP contribution in [-0.4, -0.2) is 19.7 Å². The van der Waals surface area contributed by atoms with Crippen molar-refractivity contribution in [3.63, 3.8) is 0 Å².